The Labute approximate surface area is 99.0 Å². The Hall–Kier alpha value is -1.02. The van der Waals surface area contributed by atoms with Gasteiger partial charge in [-0.2, -0.15) is 0 Å². The van der Waals surface area contributed by atoms with Crippen molar-refractivity contribution in [3.05, 3.63) is 29.3 Å². The first-order chi connectivity index (χ1) is 7.67. The van der Waals surface area contributed by atoms with Crippen molar-refractivity contribution >= 4 is 0 Å². The number of nitrogens with one attached hydrogen (secondary N) is 1. The fourth-order valence-electron chi connectivity index (χ4n) is 1.70. The van der Waals surface area contributed by atoms with Crippen LogP contribution in [0, 0.1) is 6.92 Å². The van der Waals surface area contributed by atoms with E-state index < -0.39 is 0 Å². The van der Waals surface area contributed by atoms with Gasteiger partial charge in [0.2, 0.25) is 0 Å². The van der Waals surface area contributed by atoms with Gasteiger partial charge in [0.05, 0.1) is 7.11 Å². The van der Waals surface area contributed by atoms with Gasteiger partial charge in [0, 0.05) is 6.04 Å². The number of aryl methyl sites for hydroxylation is 1. The van der Waals surface area contributed by atoms with Crippen LogP contribution in [0.2, 0.25) is 0 Å². The van der Waals surface area contributed by atoms with E-state index >= 15 is 0 Å². The highest BCUT2D eigenvalue weighted by Gasteiger charge is 2.03. The van der Waals surface area contributed by atoms with Gasteiger partial charge in [-0.3, -0.25) is 0 Å². The van der Waals surface area contributed by atoms with Crippen LogP contribution in [0.3, 0.4) is 0 Å². The Kier molecular flexibility index (Phi) is 5.33. The van der Waals surface area contributed by atoms with Crippen LogP contribution in [0.25, 0.3) is 0 Å². The molecule has 0 aromatic heterocycles. The van der Waals surface area contributed by atoms with Crippen LogP contribution < -0.4 is 10.1 Å². The summed E-state index contributed by atoms with van der Waals surface area (Å²) in [5, 5.41) is 3.50. The Balaban J connectivity index is 2.55. The molecule has 1 aromatic carbocycles. The van der Waals surface area contributed by atoms with Crippen LogP contribution in [-0.2, 0) is 6.42 Å². The first-order valence-electron chi connectivity index (χ1n) is 6.04. The second-order valence-electron chi connectivity index (χ2n) is 4.33. The van der Waals surface area contributed by atoms with Gasteiger partial charge >= 0.3 is 0 Å². The lowest BCUT2D eigenvalue weighted by atomic mass is 10.1. The summed E-state index contributed by atoms with van der Waals surface area (Å²) >= 11 is 0. The van der Waals surface area contributed by atoms with Crippen molar-refractivity contribution in [1.29, 1.82) is 0 Å². The number of benzene rings is 1. The lowest BCUT2D eigenvalue weighted by molar-refractivity contribution is 0.408. The molecule has 1 unspecified atom stereocenters. The van der Waals surface area contributed by atoms with Crippen molar-refractivity contribution in [3.63, 3.8) is 0 Å². The van der Waals surface area contributed by atoms with Crippen molar-refractivity contribution in [3.8, 4) is 5.75 Å². The molecule has 1 aromatic rings. The van der Waals surface area contributed by atoms with Gasteiger partial charge in [0.15, 0.2) is 0 Å². The van der Waals surface area contributed by atoms with Crippen LogP contribution in [0.4, 0.5) is 0 Å². The first-order valence-corrected chi connectivity index (χ1v) is 6.04. The van der Waals surface area contributed by atoms with Gasteiger partial charge in [-0.05, 0) is 44.9 Å². The average molecular weight is 221 g/mol. The van der Waals surface area contributed by atoms with Crippen LogP contribution in [0.15, 0.2) is 18.2 Å². The molecule has 90 valence electrons. The largest absolute Gasteiger partial charge is 0.496 e. The Bertz CT molecular complexity index is 323. The zero-order valence-electron chi connectivity index (χ0n) is 10.8. The topological polar surface area (TPSA) is 21.3 Å². The molecule has 0 amide bonds. The molecule has 0 saturated carbocycles. The quantitative estimate of drug-likeness (QED) is 0.797. The molecule has 1 rings (SSSR count). The third-order valence-corrected chi connectivity index (χ3v) is 2.94. The highest BCUT2D eigenvalue weighted by atomic mass is 16.5. The van der Waals surface area contributed by atoms with Gasteiger partial charge in [0.25, 0.3) is 0 Å². The van der Waals surface area contributed by atoms with Crippen LogP contribution in [0.5, 0.6) is 5.75 Å². The Morgan fingerprint density at radius 3 is 2.75 bits per heavy atom. The van der Waals surface area contributed by atoms with Crippen molar-refractivity contribution < 1.29 is 4.74 Å². The van der Waals surface area contributed by atoms with Crippen LogP contribution in [0.1, 0.15) is 31.4 Å². The maximum atomic E-state index is 5.36. The zero-order valence-corrected chi connectivity index (χ0v) is 10.8. The van der Waals surface area contributed by atoms with Gasteiger partial charge < -0.3 is 10.1 Å². The average Bonchev–Trinajstić information content (AvgIpc) is 2.29. The van der Waals surface area contributed by atoms with Crippen LogP contribution in [-0.4, -0.2) is 19.7 Å². The van der Waals surface area contributed by atoms with Gasteiger partial charge in [-0.15, -0.1) is 0 Å². The SMILES string of the molecule is CCC(C)NCCc1cc(C)ccc1OC. The molecular weight excluding hydrogens is 198 g/mol. The molecule has 1 atom stereocenters. The maximum Gasteiger partial charge on any atom is 0.122 e. The monoisotopic (exact) mass is 221 g/mol. The maximum absolute atomic E-state index is 5.36. The van der Waals surface area contributed by atoms with Crippen molar-refractivity contribution in [1.82, 2.24) is 5.32 Å². The molecule has 0 saturated heterocycles. The van der Waals surface area contributed by atoms with Gasteiger partial charge in [-0.1, -0.05) is 24.6 Å². The van der Waals surface area contributed by atoms with E-state index in [0.717, 1.165) is 18.7 Å². The minimum absolute atomic E-state index is 0.593. The molecule has 2 nitrogen and oxygen atoms in total. The summed E-state index contributed by atoms with van der Waals surface area (Å²) in [4.78, 5) is 0. The second kappa shape index (κ2) is 6.54. The normalized spacial score (nSPS) is 12.5. The third kappa shape index (κ3) is 3.86. The number of ether oxygens (including phenoxy) is 1. The molecule has 0 heterocycles. The summed E-state index contributed by atoms with van der Waals surface area (Å²) in [5.41, 5.74) is 2.58. The molecule has 0 fully saturated rings. The van der Waals surface area contributed by atoms with E-state index in [4.69, 9.17) is 4.74 Å². The van der Waals surface area contributed by atoms with Crippen molar-refractivity contribution in [2.24, 2.45) is 0 Å². The number of hydrogen-bond acceptors (Lipinski definition) is 2. The van der Waals surface area contributed by atoms with Gasteiger partial charge in [0.1, 0.15) is 5.75 Å². The highest BCUT2D eigenvalue weighted by Crippen LogP contribution is 2.19. The second-order valence-corrected chi connectivity index (χ2v) is 4.33. The molecule has 1 N–H and O–H groups in total. The van der Waals surface area contributed by atoms with E-state index in [9.17, 15) is 0 Å². The lowest BCUT2D eigenvalue weighted by Crippen LogP contribution is -2.27. The number of rotatable bonds is 6. The molecule has 0 aliphatic heterocycles. The van der Waals surface area contributed by atoms with E-state index in [1.165, 1.54) is 17.5 Å². The van der Waals surface area contributed by atoms with Gasteiger partial charge in [-0.25, -0.2) is 0 Å². The smallest absolute Gasteiger partial charge is 0.122 e. The summed E-state index contributed by atoms with van der Waals surface area (Å²) in [6.45, 7) is 7.54. The van der Waals surface area contributed by atoms with E-state index in [1.54, 1.807) is 7.11 Å². The predicted octanol–water partition coefficient (Wildman–Crippen LogP) is 2.93. The molecular formula is C14H23NO. The molecule has 0 radical (unpaired) electrons. The zero-order chi connectivity index (χ0) is 12.0. The van der Waals surface area contributed by atoms with E-state index in [2.05, 4.69) is 38.2 Å². The van der Waals surface area contributed by atoms with E-state index in [1.807, 2.05) is 6.07 Å². The molecule has 2 heteroatoms. The minimum atomic E-state index is 0.593. The van der Waals surface area contributed by atoms with Crippen molar-refractivity contribution in [2.75, 3.05) is 13.7 Å². The number of methoxy groups -OCH3 is 1. The summed E-state index contributed by atoms with van der Waals surface area (Å²) < 4.78 is 5.36. The number of hydrogen-bond donors (Lipinski definition) is 1. The molecule has 0 bridgehead atoms. The van der Waals surface area contributed by atoms with E-state index in [0.29, 0.717) is 6.04 Å². The fraction of sp³-hybridized carbons (Fsp3) is 0.571. The summed E-state index contributed by atoms with van der Waals surface area (Å²) in [6, 6.07) is 6.94. The Morgan fingerprint density at radius 2 is 2.12 bits per heavy atom. The minimum Gasteiger partial charge on any atom is -0.496 e. The van der Waals surface area contributed by atoms with E-state index in [-0.39, 0.29) is 0 Å². The molecule has 16 heavy (non-hydrogen) atoms. The molecule has 0 spiro atoms. The predicted molar refractivity (Wildman–Crippen MR) is 69.2 cm³/mol. The molecule has 0 aliphatic rings. The third-order valence-electron chi connectivity index (χ3n) is 2.94. The summed E-state index contributed by atoms with van der Waals surface area (Å²) in [6.07, 6.45) is 2.19. The van der Waals surface area contributed by atoms with Crippen LogP contribution >= 0.6 is 0 Å². The standard InChI is InChI=1S/C14H23NO/c1-5-12(3)15-9-8-13-10-11(2)6-7-14(13)16-4/h6-7,10,12,15H,5,8-9H2,1-4H3. The Morgan fingerprint density at radius 1 is 1.38 bits per heavy atom. The first kappa shape index (κ1) is 13.0. The highest BCUT2D eigenvalue weighted by molar-refractivity contribution is 5.37. The van der Waals surface area contributed by atoms with Crippen molar-refractivity contribution in [2.45, 2.75) is 39.7 Å². The summed E-state index contributed by atoms with van der Waals surface area (Å²) in [5.74, 6) is 0.997. The fourth-order valence-corrected chi connectivity index (χ4v) is 1.70. The summed E-state index contributed by atoms with van der Waals surface area (Å²) in [7, 11) is 1.73. The molecule has 0 aliphatic carbocycles. The lowest BCUT2D eigenvalue weighted by Gasteiger charge is -2.13.